The highest BCUT2D eigenvalue weighted by atomic mass is 31.2. The van der Waals surface area contributed by atoms with Gasteiger partial charge in [-0.2, -0.15) is 0 Å². The number of hydrogen-bond donors (Lipinski definition) is 1. The third kappa shape index (κ3) is 2.82. The van der Waals surface area contributed by atoms with Crippen LogP contribution in [0.15, 0.2) is 73.1 Å². The Morgan fingerprint density at radius 2 is 1.62 bits per heavy atom. The van der Waals surface area contributed by atoms with Gasteiger partial charge in [0.05, 0.1) is 0 Å². The first-order valence-electron chi connectivity index (χ1n) is 6.62. The van der Waals surface area contributed by atoms with Gasteiger partial charge in [0, 0.05) is 24.2 Å². The van der Waals surface area contributed by atoms with Crippen molar-refractivity contribution in [2.45, 2.75) is 6.54 Å². The third-order valence-electron chi connectivity index (χ3n) is 3.27. The summed E-state index contributed by atoms with van der Waals surface area (Å²) in [5, 5.41) is 0.394. The van der Waals surface area contributed by atoms with Crippen LogP contribution in [0.4, 0.5) is 0 Å². The second-order valence-electron chi connectivity index (χ2n) is 4.75. The van der Waals surface area contributed by atoms with Crippen LogP contribution in [-0.4, -0.2) is 14.4 Å². The molecule has 21 heavy (non-hydrogen) atoms. The molecule has 1 N–H and O–H groups in total. The zero-order valence-electron chi connectivity index (χ0n) is 11.3. The number of benzene rings is 2. The number of imidazole rings is 1. The molecular formula is C16H15N2O2P. The van der Waals surface area contributed by atoms with Crippen LogP contribution in [-0.2, 0) is 11.1 Å². The largest absolute Gasteiger partial charge is 0.336 e. The maximum Gasteiger partial charge on any atom is 0.293 e. The van der Waals surface area contributed by atoms with Crippen LogP contribution in [0.5, 0.6) is 0 Å². The van der Waals surface area contributed by atoms with E-state index in [2.05, 4.69) is 4.98 Å². The molecule has 1 atom stereocenters. The summed E-state index contributed by atoms with van der Waals surface area (Å²) in [6.07, 6.45) is 3.29. The van der Waals surface area contributed by atoms with Gasteiger partial charge < -0.3 is 9.46 Å². The highest BCUT2D eigenvalue weighted by Crippen LogP contribution is 2.37. The predicted molar refractivity (Wildman–Crippen MR) is 83.3 cm³/mol. The van der Waals surface area contributed by atoms with Gasteiger partial charge in [-0.15, -0.1) is 0 Å². The molecule has 0 saturated carbocycles. The van der Waals surface area contributed by atoms with E-state index in [0.717, 1.165) is 5.56 Å². The Morgan fingerprint density at radius 1 is 1.00 bits per heavy atom. The Morgan fingerprint density at radius 3 is 2.29 bits per heavy atom. The summed E-state index contributed by atoms with van der Waals surface area (Å²) in [5.41, 5.74) is 1.27. The third-order valence-corrected chi connectivity index (χ3v) is 5.18. The number of nitrogens with zero attached hydrogens (tertiary/aromatic N) is 2. The number of hydrogen-bond acceptors (Lipinski definition) is 2. The van der Waals surface area contributed by atoms with Gasteiger partial charge in [0.1, 0.15) is 0 Å². The highest BCUT2D eigenvalue weighted by Gasteiger charge is 2.29. The molecule has 5 heteroatoms. The van der Waals surface area contributed by atoms with E-state index in [4.69, 9.17) is 0 Å². The summed E-state index contributed by atoms with van der Waals surface area (Å²) in [5.74, 6) is 0. The highest BCUT2D eigenvalue weighted by molar-refractivity contribution is 7.73. The Kier molecular flexibility index (Phi) is 3.74. The van der Waals surface area contributed by atoms with E-state index in [1.807, 2.05) is 36.4 Å². The van der Waals surface area contributed by atoms with Crippen LogP contribution in [0.1, 0.15) is 5.56 Å². The van der Waals surface area contributed by atoms with Gasteiger partial charge in [0.25, 0.3) is 7.37 Å². The molecule has 0 saturated heterocycles. The average Bonchev–Trinajstić information content (AvgIpc) is 2.98. The van der Waals surface area contributed by atoms with Crippen LogP contribution in [0, 0.1) is 0 Å². The number of rotatable bonds is 4. The fourth-order valence-electron chi connectivity index (χ4n) is 2.22. The minimum Gasteiger partial charge on any atom is -0.336 e. The van der Waals surface area contributed by atoms with Gasteiger partial charge in [-0.1, -0.05) is 48.5 Å². The minimum atomic E-state index is -3.67. The molecule has 1 unspecified atom stereocenters. The van der Waals surface area contributed by atoms with Crippen LogP contribution in [0.2, 0.25) is 0 Å². The molecule has 0 radical (unpaired) electrons. The van der Waals surface area contributed by atoms with Crippen molar-refractivity contribution in [3.63, 3.8) is 0 Å². The fraction of sp³-hybridized carbons (Fsp3) is 0.0625. The normalized spacial score (nSPS) is 13.8. The SMILES string of the molecule is O=P(O)(c1ccccc1)c1nccn1Cc1ccccc1. The van der Waals surface area contributed by atoms with Crippen molar-refractivity contribution in [2.24, 2.45) is 0 Å². The lowest BCUT2D eigenvalue weighted by Gasteiger charge is -2.14. The van der Waals surface area contributed by atoms with Crippen LogP contribution in [0.25, 0.3) is 0 Å². The van der Waals surface area contributed by atoms with Crippen molar-refractivity contribution >= 4 is 18.2 Å². The van der Waals surface area contributed by atoms with Gasteiger partial charge >= 0.3 is 0 Å². The van der Waals surface area contributed by atoms with E-state index in [1.165, 1.54) is 0 Å². The molecule has 1 aromatic heterocycles. The molecule has 106 valence electrons. The van der Waals surface area contributed by atoms with Crippen molar-refractivity contribution in [3.8, 4) is 0 Å². The maximum atomic E-state index is 12.8. The topological polar surface area (TPSA) is 55.1 Å². The molecule has 0 amide bonds. The van der Waals surface area contributed by atoms with E-state index in [1.54, 1.807) is 41.2 Å². The Labute approximate surface area is 123 Å². The maximum absolute atomic E-state index is 12.8. The van der Waals surface area contributed by atoms with Gasteiger partial charge in [-0.05, 0) is 17.7 Å². The molecule has 0 fully saturated rings. The fourth-order valence-corrected chi connectivity index (χ4v) is 3.74. The van der Waals surface area contributed by atoms with Crippen LogP contribution < -0.4 is 10.9 Å². The smallest absolute Gasteiger partial charge is 0.293 e. The predicted octanol–water partition coefficient (Wildman–Crippen LogP) is 2.15. The van der Waals surface area contributed by atoms with E-state index in [0.29, 0.717) is 11.8 Å². The summed E-state index contributed by atoms with van der Waals surface area (Å²) >= 11 is 0. The van der Waals surface area contributed by atoms with Crippen LogP contribution >= 0.6 is 7.37 Å². The summed E-state index contributed by atoms with van der Waals surface area (Å²) in [4.78, 5) is 14.6. The lowest BCUT2D eigenvalue weighted by molar-refractivity contribution is 0.497. The van der Waals surface area contributed by atoms with Crippen molar-refractivity contribution in [1.82, 2.24) is 9.55 Å². The van der Waals surface area contributed by atoms with E-state index >= 15 is 0 Å². The molecule has 0 bridgehead atoms. The van der Waals surface area contributed by atoms with Gasteiger partial charge in [-0.3, -0.25) is 4.57 Å². The molecule has 3 rings (SSSR count). The van der Waals surface area contributed by atoms with Crippen molar-refractivity contribution in [2.75, 3.05) is 0 Å². The van der Waals surface area contributed by atoms with Crippen LogP contribution in [0.3, 0.4) is 0 Å². The summed E-state index contributed by atoms with van der Waals surface area (Å²) in [6, 6.07) is 18.4. The van der Waals surface area contributed by atoms with Gasteiger partial charge in [0.15, 0.2) is 0 Å². The molecule has 2 aromatic carbocycles. The molecule has 0 aliphatic rings. The lowest BCUT2D eigenvalue weighted by atomic mass is 10.2. The Bertz CT molecular complexity index is 769. The number of aromatic nitrogens is 2. The molecular weight excluding hydrogens is 283 g/mol. The van der Waals surface area contributed by atoms with E-state index in [-0.39, 0.29) is 5.57 Å². The first-order chi connectivity index (χ1) is 10.2. The molecule has 0 aliphatic heterocycles. The lowest BCUT2D eigenvalue weighted by Crippen LogP contribution is -2.25. The molecule has 4 nitrogen and oxygen atoms in total. The van der Waals surface area contributed by atoms with Crippen molar-refractivity contribution in [3.05, 3.63) is 78.6 Å². The monoisotopic (exact) mass is 298 g/mol. The minimum absolute atomic E-state index is 0.206. The standard InChI is InChI=1S/C16H15N2O2P/c19-21(20,15-9-5-2-6-10-15)16-17-11-12-18(16)13-14-7-3-1-4-8-14/h1-12H,13H2,(H,19,20). The Balaban J connectivity index is 1.97. The van der Waals surface area contributed by atoms with Gasteiger partial charge in [0.2, 0.25) is 5.57 Å². The zero-order valence-corrected chi connectivity index (χ0v) is 12.2. The summed E-state index contributed by atoms with van der Waals surface area (Å²) in [7, 11) is -3.67. The second kappa shape index (κ2) is 5.68. The average molecular weight is 298 g/mol. The first kappa shape index (κ1) is 13.8. The van der Waals surface area contributed by atoms with E-state index < -0.39 is 7.37 Å². The molecule has 0 spiro atoms. The van der Waals surface area contributed by atoms with E-state index in [9.17, 15) is 9.46 Å². The van der Waals surface area contributed by atoms with Gasteiger partial charge in [-0.25, -0.2) is 4.98 Å². The van der Waals surface area contributed by atoms with Crippen molar-refractivity contribution in [1.29, 1.82) is 0 Å². The first-order valence-corrected chi connectivity index (χ1v) is 8.28. The zero-order chi connectivity index (χ0) is 14.7. The molecule has 0 aliphatic carbocycles. The Hall–Kier alpha value is -2.16. The summed E-state index contributed by atoms with van der Waals surface area (Å²) < 4.78 is 14.5. The van der Waals surface area contributed by atoms with Crippen molar-refractivity contribution < 1.29 is 9.46 Å². The quantitative estimate of drug-likeness (QED) is 0.751. The summed E-state index contributed by atoms with van der Waals surface area (Å²) in [6.45, 7) is 0.521. The molecule has 3 aromatic rings. The second-order valence-corrected chi connectivity index (χ2v) is 6.82. The molecule has 1 heterocycles.